The first-order chi connectivity index (χ1) is 7.99. The molecule has 0 radical (unpaired) electrons. The topological polar surface area (TPSA) is 37.3 Å². The van der Waals surface area contributed by atoms with E-state index in [2.05, 4.69) is 6.92 Å². The number of rotatable bonds is 4. The molecule has 2 nitrogen and oxygen atoms in total. The van der Waals surface area contributed by atoms with Crippen molar-refractivity contribution in [1.82, 2.24) is 0 Å². The van der Waals surface area contributed by atoms with E-state index in [-0.39, 0.29) is 12.3 Å². The highest BCUT2D eigenvalue weighted by atomic mass is 35.5. The van der Waals surface area contributed by atoms with Crippen LogP contribution >= 0.6 is 11.6 Å². The maximum absolute atomic E-state index is 11.0. The average Bonchev–Trinajstić information content (AvgIpc) is 3.03. The van der Waals surface area contributed by atoms with Gasteiger partial charge in [-0.15, -0.1) is 0 Å². The maximum Gasteiger partial charge on any atom is 0.303 e. The molecule has 1 fully saturated rings. The molecule has 1 N–H and O–H groups in total. The summed E-state index contributed by atoms with van der Waals surface area (Å²) in [6, 6.07) is 3.88. The van der Waals surface area contributed by atoms with Crippen molar-refractivity contribution >= 4 is 17.6 Å². The fraction of sp³-hybridized carbons (Fsp3) is 0.500. The average molecular weight is 253 g/mol. The molecule has 0 saturated heterocycles. The van der Waals surface area contributed by atoms with E-state index in [0.29, 0.717) is 10.9 Å². The predicted octanol–water partition coefficient (Wildman–Crippen LogP) is 3.93. The number of aryl methyl sites for hydroxylation is 1. The molecule has 0 spiro atoms. The number of carboxylic acid groups (broad SMARTS) is 1. The number of carboxylic acids is 1. The van der Waals surface area contributed by atoms with E-state index >= 15 is 0 Å². The molecule has 1 aliphatic rings. The van der Waals surface area contributed by atoms with Crippen molar-refractivity contribution in [2.45, 2.75) is 39.0 Å². The molecule has 0 aliphatic heterocycles. The number of aliphatic carboxylic acids is 1. The van der Waals surface area contributed by atoms with Gasteiger partial charge in [-0.2, -0.15) is 0 Å². The van der Waals surface area contributed by atoms with Gasteiger partial charge in [0.15, 0.2) is 0 Å². The molecular formula is C14H17ClO2. The Kier molecular flexibility index (Phi) is 3.43. The minimum atomic E-state index is -0.723. The van der Waals surface area contributed by atoms with Crippen LogP contribution in [0.15, 0.2) is 12.1 Å². The van der Waals surface area contributed by atoms with Crippen LogP contribution in [0.1, 0.15) is 41.9 Å². The van der Waals surface area contributed by atoms with Gasteiger partial charge in [-0.3, -0.25) is 4.79 Å². The Morgan fingerprint density at radius 2 is 2.12 bits per heavy atom. The van der Waals surface area contributed by atoms with Crippen LogP contribution in [0.3, 0.4) is 0 Å². The summed E-state index contributed by atoms with van der Waals surface area (Å²) in [5.41, 5.74) is 3.45. The number of halogens is 1. The Morgan fingerprint density at radius 3 is 2.65 bits per heavy atom. The Bertz CT molecular complexity index is 450. The SMILES string of the molecule is Cc1cc(Cl)cc(C(CC(=O)O)C2CC2)c1C. The predicted molar refractivity (Wildman–Crippen MR) is 68.6 cm³/mol. The monoisotopic (exact) mass is 252 g/mol. The van der Waals surface area contributed by atoms with E-state index in [4.69, 9.17) is 16.7 Å². The van der Waals surface area contributed by atoms with Gasteiger partial charge in [-0.25, -0.2) is 0 Å². The van der Waals surface area contributed by atoms with Crippen LogP contribution in [0.25, 0.3) is 0 Å². The lowest BCUT2D eigenvalue weighted by atomic mass is 9.86. The van der Waals surface area contributed by atoms with Gasteiger partial charge in [0.1, 0.15) is 0 Å². The van der Waals surface area contributed by atoms with Crippen LogP contribution in [0.2, 0.25) is 5.02 Å². The summed E-state index contributed by atoms with van der Waals surface area (Å²) in [4.78, 5) is 11.0. The first-order valence-corrected chi connectivity index (χ1v) is 6.35. The van der Waals surface area contributed by atoms with Gasteiger partial charge < -0.3 is 5.11 Å². The molecule has 17 heavy (non-hydrogen) atoms. The van der Waals surface area contributed by atoms with Crippen LogP contribution in [0.4, 0.5) is 0 Å². The lowest BCUT2D eigenvalue weighted by molar-refractivity contribution is -0.137. The minimum absolute atomic E-state index is 0.130. The van der Waals surface area contributed by atoms with E-state index in [1.807, 2.05) is 19.1 Å². The second-order valence-corrected chi connectivity index (χ2v) is 5.42. The zero-order valence-electron chi connectivity index (χ0n) is 10.2. The summed E-state index contributed by atoms with van der Waals surface area (Å²) >= 11 is 6.08. The van der Waals surface area contributed by atoms with Gasteiger partial charge in [0.2, 0.25) is 0 Å². The third-order valence-corrected chi connectivity index (χ3v) is 3.88. The zero-order valence-corrected chi connectivity index (χ0v) is 10.9. The number of carbonyl (C=O) groups is 1. The Morgan fingerprint density at radius 1 is 1.47 bits per heavy atom. The van der Waals surface area contributed by atoms with Crippen LogP contribution in [-0.2, 0) is 4.79 Å². The van der Waals surface area contributed by atoms with Gasteiger partial charge in [0.25, 0.3) is 0 Å². The van der Waals surface area contributed by atoms with E-state index in [1.165, 1.54) is 5.56 Å². The van der Waals surface area contributed by atoms with Gasteiger partial charge >= 0.3 is 5.97 Å². The fourth-order valence-corrected chi connectivity index (χ4v) is 2.72. The first-order valence-electron chi connectivity index (χ1n) is 5.97. The standard InChI is InChI=1S/C14H17ClO2/c1-8-5-11(15)6-12(9(8)2)13(7-14(16)17)10-3-4-10/h5-6,10,13H,3-4,7H2,1-2H3,(H,16,17). The third kappa shape index (κ3) is 2.81. The van der Waals surface area contributed by atoms with Crippen LogP contribution in [0.5, 0.6) is 0 Å². The number of benzene rings is 1. The summed E-state index contributed by atoms with van der Waals surface area (Å²) in [7, 11) is 0. The molecule has 0 aromatic heterocycles. The fourth-order valence-electron chi connectivity index (χ4n) is 2.44. The maximum atomic E-state index is 11.0. The molecule has 1 atom stereocenters. The molecule has 1 unspecified atom stereocenters. The van der Waals surface area contributed by atoms with Crippen molar-refractivity contribution in [3.63, 3.8) is 0 Å². The smallest absolute Gasteiger partial charge is 0.303 e. The molecule has 1 aliphatic carbocycles. The highest BCUT2D eigenvalue weighted by Crippen LogP contribution is 2.46. The largest absolute Gasteiger partial charge is 0.481 e. The van der Waals surface area contributed by atoms with Crippen molar-refractivity contribution in [2.75, 3.05) is 0 Å². The molecule has 1 aromatic carbocycles. The van der Waals surface area contributed by atoms with E-state index in [1.54, 1.807) is 0 Å². The molecule has 0 heterocycles. The molecule has 0 bridgehead atoms. The van der Waals surface area contributed by atoms with E-state index in [9.17, 15) is 4.79 Å². The third-order valence-electron chi connectivity index (χ3n) is 3.66. The first kappa shape index (κ1) is 12.4. The van der Waals surface area contributed by atoms with Crippen molar-refractivity contribution in [2.24, 2.45) is 5.92 Å². The molecular weight excluding hydrogens is 236 g/mol. The molecule has 3 heteroatoms. The molecule has 92 valence electrons. The number of hydrogen-bond donors (Lipinski definition) is 1. The van der Waals surface area contributed by atoms with Crippen LogP contribution in [-0.4, -0.2) is 11.1 Å². The highest BCUT2D eigenvalue weighted by Gasteiger charge is 2.34. The van der Waals surface area contributed by atoms with Gasteiger partial charge in [0.05, 0.1) is 6.42 Å². The Labute approximate surface area is 107 Å². The zero-order chi connectivity index (χ0) is 12.6. The quantitative estimate of drug-likeness (QED) is 0.882. The van der Waals surface area contributed by atoms with E-state index in [0.717, 1.165) is 24.0 Å². The summed E-state index contributed by atoms with van der Waals surface area (Å²) in [5.74, 6) is -0.0634. The van der Waals surface area contributed by atoms with E-state index < -0.39 is 5.97 Å². The molecule has 0 amide bonds. The summed E-state index contributed by atoms with van der Waals surface area (Å²) in [5, 5.41) is 9.73. The van der Waals surface area contributed by atoms with Crippen molar-refractivity contribution in [3.05, 3.63) is 33.8 Å². The Hall–Kier alpha value is -1.02. The van der Waals surface area contributed by atoms with Gasteiger partial charge in [-0.05, 0) is 67.3 Å². The lowest BCUT2D eigenvalue weighted by Crippen LogP contribution is -2.10. The lowest BCUT2D eigenvalue weighted by Gasteiger charge is -2.19. The molecule has 1 saturated carbocycles. The number of hydrogen-bond acceptors (Lipinski definition) is 1. The van der Waals surface area contributed by atoms with Gasteiger partial charge in [0, 0.05) is 5.02 Å². The van der Waals surface area contributed by atoms with Crippen molar-refractivity contribution in [1.29, 1.82) is 0 Å². The molecule has 1 aromatic rings. The highest BCUT2D eigenvalue weighted by molar-refractivity contribution is 6.30. The Balaban J connectivity index is 2.38. The van der Waals surface area contributed by atoms with Crippen LogP contribution in [0, 0.1) is 19.8 Å². The summed E-state index contributed by atoms with van der Waals surface area (Å²) < 4.78 is 0. The van der Waals surface area contributed by atoms with Crippen molar-refractivity contribution < 1.29 is 9.90 Å². The normalized spacial score (nSPS) is 16.9. The minimum Gasteiger partial charge on any atom is -0.481 e. The van der Waals surface area contributed by atoms with Crippen molar-refractivity contribution in [3.8, 4) is 0 Å². The summed E-state index contributed by atoms with van der Waals surface area (Å²) in [6.45, 7) is 4.08. The van der Waals surface area contributed by atoms with Crippen LogP contribution < -0.4 is 0 Å². The second-order valence-electron chi connectivity index (χ2n) is 4.98. The molecule has 2 rings (SSSR count). The summed E-state index contributed by atoms with van der Waals surface area (Å²) in [6.07, 6.45) is 2.50. The second kappa shape index (κ2) is 4.69. The van der Waals surface area contributed by atoms with Gasteiger partial charge in [-0.1, -0.05) is 11.6 Å².